The van der Waals surface area contributed by atoms with Gasteiger partial charge in [0.1, 0.15) is 11.6 Å². The zero-order valence-electron chi connectivity index (χ0n) is 11.2. The van der Waals surface area contributed by atoms with Crippen molar-refractivity contribution in [1.29, 1.82) is 0 Å². The average molecular weight is 288 g/mol. The molecule has 1 heterocycles. The summed E-state index contributed by atoms with van der Waals surface area (Å²) in [6.07, 6.45) is 0. The summed E-state index contributed by atoms with van der Waals surface area (Å²) in [4.78, 5) is 4.64. The molecule has 0 aliphatic heterocycles. The molecule has 2 N–H and O–H groups in total. The molecule has 0 saturated heterocycles. The molecule has 20 heavy (non-hydrogen) atoms. The molecule has 1 aromatic heterocycles. The van der Waals surface area contributed by atoms with Gasteiger partial charge in [-0.1, -0.05) is 11.6 Å². The van der Waals surface area contributed by atoms with Crippen LogP contribution in [0.3, 0.4) is 0 Å². The van der Waals surface area contributed by atoms with Crippen molar-refractivity contribution >= 4 is 28.3 Å². The molecule has 0 spiro atoms. The lowest BCUT2D eigenvalue weighted by atomic mass is 10.1. The van der Waals surface area contributed by atoms with Gasteiger partial charge in [0.15, 0.2) is 0 Å². The van der Waals surface area contributed by atoms with Gasteiger partial charge in [-0.3, -0.25) is 0 Å². The van der Waals surface area contributed by atoms with Gasteiger partial charge in [-0.25, -0.2) is 4.98 Å². The van der Waals surface area contributed by atoms with Gasteiger partial charge in [-0.2, -0.15) is 0 Å². The van der Waals surface area contributed by atoms with E-state index in [1.165, 1.54) is 0 Å². The average Bonchev–Trinajstić information content (AvgIpc) is 2.75. The number of fused-ring (bicyclic) bond motifs is 1. The number of benzene rings is 2. The Morgan fingerprint density at radius 1 is 1.20 bits per heavy atom. The summed E-state index contributed by atoms with van der Waals surface area (Å²) in [5.41, 5.74) is 9.22. The summed E-state index contributed by atoms with van der Waals surface area (Å²) in [7, 11) is 3.59. The molecule has 0 bridgehead atoms. The highest BCUT2D eigenvalue weighted by Gasteiger charge is 2.14. The van der Waals surface area contributed by atoms with Crippen LogP contribution in [0.2, 0.25) is 5.02 Å². The predicted molar refractivity (Wildman–Crippen MR) is 82.1 cm³/mol. The van der Waals surface area contributed by atoms with Crippen LogP contribution in [0.5, 0.6) is 5.75 Å². The van der Waals surface area contributed by atoms with Crippen molar-refractivity contribution in [1.82, 2.24) is 9.55 Å². The van der Waals surface area contributed by atoms with E-state index >= 15 is 0 Å². The minimum atomic E-state index is 0.660. The number of anilines is 1. The highest BCUT2D eigenvalue weighted by Crippen LogP contribution is 2.33. The second-order valence-electron chi connectivity index (χ2n) is 4.59. The summed E-state index contributed by atoms with van der Waals surface area (Å²) in [6, 6.07) is 11.2. The van der Waals surface area contributed by atoms with E-state index in [4.69, 9.17) is 22.1 Å². The number of aryl methyl sites for hydroxylation is 1. The first kappa shape index (κ1) is 12.8. The molecular formula is C15H14ClN3O. The van der Waals surface area contributed by atoms with Crippen molar-refractivity contribution in [3.63, 3.8) is 0 Å². The van der Waals surface area contributed by atoms with Crippen molar-refractivity contribution in [3.05, 3.63) is 41.4 Å². The Hall–Kier alpha value is -2.20. The first-order chi connectivity index (χ1) is 9.60. The third-order valence-electron chi connectivity index (χ3n) is 3.31. The van der Waals surface area contributed by atoms with E-state index < -0.39 is 0 Å². The Morgan fingerprint density at radius 3 is 2.75 bits per heavy atom. The molecule has 4 nitrogen and oxygen atoms in total. The number of hydrogen-bond acceptors (Lipinski definition) is 3. The van der Waals surface area contributed by atoms with Gasteiger partial charge in [-0.15, -0.1) is 0 Å². The molecule has 0 amide bonds. The summed E-state index contributed by atoms with van der Waals surface area (Å²) >= 11 is 6.02. The van der Waals surface area contributed by atoms with Gasteiger partial charge >= 0.3 is 0 Å². The first-order valence-electron chi connectivity index (χ1n) is 6.16. The number of ether oxygens (including phenoxy) is 1. The topological polar surface area (TPSA) is 53.1 Å². The maximum atomic E-state index is 6.02. The number of aromatic nitrogens is 2. The second-order valence-corrected chi connectivity index (χ2v) is 5.02. The van der Waals surface area contributed by atoms with Crippen LogP contribution in [0.15, 0.2) is 36.4 Å². The lowest BCUT2D eigenvalue weighted by Gasteiger charge is -2.09. The van der Waals surface area contributed by atoms with Crippen molar-refractivity contribution in [2.75, 3.05) is 12.8 Å². The van der Waals surface area contributed by atoms with E-state index in [-0.39, 0.29) is 0 Å². The highest BCUT2D eigenvalue weighted by atomic mass is 35.5. The highest BCUT2D eigenvalue weighted by molar-refractivity contribution is 6.31. The first-order valence-corrected chi connectivity index (χ1v) is 6.54. The molecule has 0 radical (unpaired) electrons. The maximum absolute atomic E-state index is 6.02. The Morgan fingerprint density at radius 2 is 2.00 bits per heavy atom. The number of nitrogens with zero attached hydrogens (tertiary/aromatic N) is 2. The normalized spacial score (nSPS) is 10.9. The fraction of sp³-hybridized carbons (Fsp3) is 0.133. The van der Waals surface area contributed by atoms with Gasteiger partial charge < -0.3 is 15.0 Å². The number of nitrogens with two attached hydrogens (primary N) is 1. The summed E-state index contributed by atoms with van der Waals surface area (Å²) in [5.74, 6) is 1.52. The van der Waals surface area contributed by atoms with Crippen LogP contribution in [0, 0.1) is 0 Å². The number of hydrogen-bond donors (Lipinski definition) is 1. The van der Waals surface area contributed by atoms with Crippen LogP contribution < -0.4 is 10.5 Å². The van der Waals surface area contributed by atoms with Gasteiger partial charge in [0.2, 0.25) is 0 Å². The minimum absolute atomic E-state index is 0.660. The monoisotopic (exact) mass is 287 g/mol. The molecule has 102 valence electrons. The van der Waals surface area contributed by atoms with Crippen LogP contribution in [-0.4, -0.2) is 16.7 Å². The summed E-state index contributed by atoms with van der Waals surface area (Å²) < 4.78 is 7.41. The van der Waals surface area contributed by atoms with Crippen molar-refractivity contribution in [2.24, 2.45) is 7.05 Å². The van der Waals surface area contributed by atoms with Crippen LogP contribution in [0.1, 0.15) is 0 Å². The Bertz CT molecular complexity index is 795. The van der Waals surface area contributed by atoms with Gasteiger partial charge in [0, 0.05) is 23.8 Å². The predicted octanol–water partition coefficient (Wildman–Crippen LogP) is 3.48. The van der Waals surface area contributed by atoms with E-state index in [0.717, 1.165) is 22.4 Å². The molecule has 5 heteroatoms. The summed E-state index contributed by atoms with van der Waals surface area (Å²) in [6.45, 7) is 0. The van der Waals surface area contributed by atoms with E-state index in [0.29, 0.717) is 16.5 Å². The molecule has 0 saturated carbocycles. The zero-order valence-corrected chi connectivity index (χ0v) is 12.0. The quantitative estimate of drug-likeness (QED) is 0.734. The Kier molecular flexibility index (Phi) is 3.03. The summed E-state index contributed by atoms with van der Waals surface area (Å²) in [5, 5.41) is 0.673. The Balaban J connectivity index is 2.27. The van der Waals surface area contributed by atoms with Gasteiger partial charge in [0.25, 0.3) is 0 Å². The van der Waals surface area contributed by atoms with E-state index in [1.807, 2.05) is 41.9 Å². The molecule has 0 aliphatic carbocycles. The molecule has 0 aliphatic rings. The lowest BCUT2D eigenvalue weighted by molar-refractivity contribution is 0.416. The van der Waals surface area contributed by atoms with E-state index in [1.54, 1.807) is 13.2 Å². The maximum Gasteiger partial charge on any atom is 0.144 e. The van der Waals surface area contributed by atoms with Crippen molar-refractivity contribution in [2.45, 2.75) is 0 Å². The molecular weight excluding hydrogens is 274 g/mol. The SMILES string of the molecule is COc1cc(N)ccc1-c1nc2cc(Cl)ccc2n1C. The number of imidazole rings is 1. The van der Waals surface area contributed by atoms with Crippen LogP contribution >= 0.6 is 11.6 Å². The third kappa shape index (κ3) is 1.98. The van der Waals surface area contributed by atoms with Crippen molar-refractivity contribution < 1.29 is 4.74 Å². The minimum Gasteiger partial charge on any atom is -0.496 e. The molecule has 0 unspecified atom stereocenters. The zero-order chi connectivity index (χ0) is 14.3. The molecule has 3 rings (SSSR count). The third-order valence-corrected chi connectivity index (χ3v) is 3.54. The Labute approximate surface area is 121 Å². The van der Waals surface area contributed by atoms with Gasteiger partial charge in [0.05, 0.1) is 23.7 Å². The van der Waals surface area contributed by atoms with Crippen LogP contribution in [-0.2, 0) is 7.05 Å². The van der Waals surface area contributed by atoms with E-state index in [2.05, 4.69) is 4.98 Å². The number of rotatable bonds is 2. The molecule has 0 fully saturated rings. The fourth-order valence-electron chi connectivity index (χ4n) is 2.31. The van der Waals surface area contributed by atoms with Crippen LogP contribution in [0.4, 0.5) is 5.69 Å². The molecule has 2 aromatic carbocycles. The number of nitrogen functional groups attached to an aromatic ring is 1. The standard InChI is InChI=1S/C15H14ClN3O/c1-19-13-6-3-9(16)7-12(13)18-15(19)11-5-4-10(17)8-14(11)20-2/h3-8H,17H2,1-2H3. The van der Waals surface area contributed by atoms with Crippen molar-refractivity contribution in [3.8, 4) is 17.1 Å². The smallest absolute Gasteiger partial charge is 0.144 e. The second kappa shape index (κ2) is 4.72. The number of methoxy groups -OCH3 is 1. The largest absolute Gasteiger partial charge is 0.496 e. The molecule has 0 atom stereocenters. The van der Waals surface area contributed by atoms with E-state index in [9.17, 15) is 0 Å². The lowest BCUT2D eigenvalue weighted by Crippen LogP contribution is -1.96. The fourth-order valence-corrected chi connectivity index (χ4v) is 2.47. The van der Waals surface area contributed by atoms with Gasteiger partial charge in [-0.05, 0) is 30.3 Å². The molecule has 3 aromatic rings. The number of halogens is 1. The van der Waals surface area contributed by atoms with Crippen LogP contribution in [0.25, 0.3) is 22.4 Å².